The summed E-state index contributed by atoms with van der Waals surface area (Å²) in [4.78, 5) is 12.5. The number of carbonyl (C=O) groups excluding carboxylic acids is 1. The molecule has 1 atom stereocenters. The summed E-state index contributed by atoms with van der Waals surface area (Å²) in [5, 5.41) is 6.40. The Morgan fingerprint density at radius 1 is 1.07 bits per heavy atom. The van der Waals surface area contributed by atoms with E-state index in [1.165, 1.54) is 0 Å². The van der Waals surface area contributed by atoms with Gasteiger partial charge in [-0.2, -0.15) is 0 Å². The summed E-state index contributed by atoms with van der Waals surface area (Å²) in [7, 11) is 0. The van der Waals surface area contributed by atoms with Crippen LogP contribution in [0.3, 0.4) is 0 Å². The van der Waals surface area contributed by atoms with E-state index in [2.05, 4.69) is 10.6 Å². The molecule has 0 bridgehead atoms. The van der Waals surface area contributed by atoms with Gasteiger partial charge < -0.3 is 24.8 Å². The Morgan fingerprint density at radius 3 is 2.60 bits per heavy atom. The van der Waals surface area contributed by atoms with Gasteiger partial charge in [0.05, 0.1) is 6.61 Å². The van der Waals surface area contributed by atoms with Gasteiger partial charge in [0.25, 0.3) is 5.91 Å². The van der Waals surface area contributed by atoms with E-state index < -0.39 is 0 Å². The first-order chi connectivity index (χ1) is 14.3. The van der Waals surface area contributed by atoms with Crippen molar-refractivity contribution in [3.05, 3.63) is 54.1 Å². The first-order valence-electron chi connectivity index (χ1n) is 10.3. The number of piperidine rings is 1. The number of halogens is 1. The van der Waals surface area contributed by atoms with Crippen LogP contribution in [-0.2, 0) is 0 Å². The molecule has 30 heavy (non-hydrogen) atoms. The molecule has 6 nitrogen and oxygen atoms in total. The molecule has 1 aliphatic rings. The second-order valence-corrected chi connectivity index (χ2v) is 7.03. The standard InChI is InChI=1S/C23H30N2O4.ClH/c1-2-27-22-15-19(23(26)25-17-18-7-6-12-24-16-18)10-11-21(22)29-14-13-28-20-8-4-3-5-9-20;/h3-5,8-11,15,18,24H,2,6-7,12-14,16-17H2,1H3,(H,25,26);1H. The van der Waals surface area contributed by atoms with Crippen molar-refractivity contribution in [2.24, 2.45) is 5.92 Å². The highest BCUT2D eigenvalue weighted by atomic mass is 35.5. The number of hydrogen-bond acceptors (Lipinski definition) is 5. The fourth-order valence-electron chi connectivity index (χ4n) is 3.30. The molecule has 0 aromatic heterocycles. The summed E-state index contributed by atoms with van der Waals surface area (Å²) in [6, 6.07) is 14.9. The van der Waals surface area contributed by atoms with Gasteiger partial charge in [-0.25, -0.2) is 0 Å². The van der Waals surface area contributed by atoms with Crippen LogP contribution in [-0.4, -0.2) is 45.4 Å². The third-order valence-corrected chi connectivity index (χ3v) is 4.81. The lowest BCUT2D eigenvalue weighted by atomic mass is 9.99. The van der Waals surface area contributed by atoms with Gasteiger partial charge in [-0.15, -0.1) is 12.4 Å². The van der Waals surface area contributed by atoms with Crippen LogP contribution in [0.2, 0.25) is 0 Å². The highest BCUT2D eigenvalue weighted by molar-refractivity contribution is 5.94. The van der Waals surface area contributed by atoms with Crippen molar-refractivity contribution in [3.63, 3.8) is 0 Å². The second kappa shape index (κ2) is 13.0. The molecule has 2 N–H and O–H groups in total. The maximum Gasteiger partial charge on any atom is 0.251 e. The van der Waals surface area contributed by atoms with Gasteiger partial charge in [0.1, 0.15) is 19.0 Å². The van der Waals surface area contributed by atoms with E-state index >= 15 is 0 Å². The predicted molar refractivity (Wildman–Crippen MR) is 120 cm³/mol. The minimum Gasteiger partial charge on any atom is -0.490 e. The zero-order valence-electron chi connectivity index (χ0n) is 17.4. The van der Waals surface area contributed by atoms with Crippen molar-refractivity contribution in [1.82, 2.24) is 10.6 Å². The minimum absolute atomic E-state index is 0. The van der Waals surface area contributed by atoms with Crippen molar-refractivity contribution in [3.8, 4) is 17.2 Å². The highest BCUT2D eigenvalue weighted by Gasteiger charge is 2.16. The van der Waals surface area contributed by atoms with Gasteiger partial charge in [-0.1, -0.05) is 18.2 Å². The van der Waals surface area contributed by atoms with Crippen molar-refractivity contribution >= 4 is 18.3 Å². The normalized spacial score (nSPS) is 15.6. The molecule has 0 spiro atoms. The molecule has 1 saturated heterocycles. The molecule has 0 radical (unpaired) electrons. The van der Waals surface area contributed by atoms with E-state index in [4.69, 9.17) is 14.2 Å². The maximum atomic E-state index is 12.5. The SMILES string of the molecule is CCOc1cc(C(=O)NCC2CCCNC2)ccc1OCCOc1ccccc1.Cl. The van der Waals surface area contributed by atoms with Crippen LogP contribution in [0.5, 0.6) is 17.2 Å². The van der Waals surface area contributed by atoms with Crippen LogP contribution in [0.1, 0.15) is 30.1 Å². The largest absolute Gasteiger partial charge is 0.490 e. The number of amides is 1. The van der Waals surface area contributed by atoms with E-state index in [0.717, 1.165) is 31.7 Å². The van der Waals surface area contributed by atoms with Gasteiger partial charge in [0, 0.05) is 12.1 Å². The van der Waals surface area contributed by atoms with E-state index in [9.17, 15) is 4.79 Å². The van der Waals surface area contributed by atoms with Crippen molar-refractivity contribution in [2.45, 2.75) is 19.8 Å². The lowest BCUT2D eigenvalue weighted by Gasteiger charge is -2.23. The van der Waals surface area contributed by atoms with Gasteiger partial charge in [-0.3, -0.25) is 4.79 Å². The molecule has 1 aliphatic heterocycles. The molecule has 1 amide bonds. The van der Waals surface area contributed by atoms with E-state index in [-0.39, 0.29) is 18.3 Å². The smallest absolute Gasteiger partial charge is 0.251 e. The van der Waals surface area contributed by atoms with Gasteiger partial charge in [-0.05, 0) is 69.1 Å². The molecular weight excluding hydrogens is 404 g/mol. The predicted octanol–water partition coefficient (Wildman–Crippen LogP) is 3.69. The monoisotopic (exact) mass is 434 g/mol. The molecule has 1 unspecified atom stereocenters. The van der Waals surface area contributed by atoms with Crippen LogP contribution in [0, 0.1) is 5.92 Å². The topological polar surface area (TPSA) is 68.8 Å². The van der Waals surface area contributed by atoms with Crippen molar-refractivity contribution in [2.75, 3.05) is 39.5 Å². The number of rotatable bonds is 10. The van der Waals surface area contributed by atoms with Gasteiger partial charge >= 0.3 is 0 Å². The molecule has 7 heteroatoms. The summed E-state index contributed by atoms with van der Waals surface area (Å²) in [5.41, 5.74) is 0.574. The maximum absolute atomic E-state index is 12.5. The van der Waals surface area contributed by atoms with E-state index in [1.54, 1.807) is 18.2 Å². The first-order valence-corrected chi connectivity index (χ1v) is 10.3. The van der Waals surface area contributed by atoms with Crippen LogP contribution >= 0.6 is 12.4 Å². The third kappa shape index (κ3) is 7.43. The van der Waals surface area contributed by atoms with E-state index in [0.29, 0.717) is 49.3 Å². The first kappa shape index (κ1) is 23.8. The average molecular weight is 435 g/mol. The Kier molecular flexibility index (Phi) is 10.3. The number of hydrogen-bond donors (Lipinski definition) is 2. The molecule has 1 fully saturated rings. The van der Waals surface area contributed by atoms with E-state index in [1.807, 2.05) is 37.3 Å². The van der Waals surface area contributed by atoms with Crippen LogP contribution in [0.4, 0.5) is 0 Å². The number of nitrogens with one attached hydrogen (secondary N) is 2. The average Bonchev–Trinajstić information content (AvgIpc) is 2.77. The van der Waals surface area contributed by atoms with Crippen molar-refractivity contribution in [1.29, 1.82) is 0 Å². The quantitative estimate of drug-likeness (QED) is 0.558. The molecule has 0 saturated carbocycles. The minimum atomic E-state index is -0.0875. The van der Waals surface area contributed by atoms with Crippen LogP contribution in [0.15, 0.2) is 48.5 Å². The summed E-state index contributed by atoms with van der Waals surface area (Å²) in [5.74, 6) is 2.39. The molecule has 1 heterocycles. The highest BCUT2D eigenvalue weighted by Crippen LogP contribution is 2.28. The number of carbonyl (C=O) groups is 1. The number of para-hydroxylation sites is 1. The third-order valence-electron chi connectivity index (χ3n) is 4.81. The number of ether oxygens (including phenoxy) is 3. The Balaban J connectivity index is 0.00000320. The Labute approximate surface area is 184 Å². The molecule has 2 aromatic carbocycles. The fraction of sp³-hybridized carbons (Fsp3) is 0.435. The van der Waals surface area contributed by atoms with Crippen LogP contribution in [0.25, 0.3) is 0 Å². The molecular formula is C23H31ClN2O4. The summed E-state index contributed by atoms with van der Waals surface area (Å²) < 4.78 is 17.1. The van der Waals surface area contributed by atoms with Crippen molar-refractivity contribution < 1.29 is 19.0 Å². The summed E-state index contributed by atoms with van der Waals surface area (Å²) in [6.07, 6.45) is 2.31. The molecule has 0 aliphatic carbocycles. The molecule has 164 valence electrons. The lowest BCUT2D eigenvalue weighted by Crippen LogP contribution is -2.38. The second-order valence-electron chi connectivity index (χ2n) is 7.03. The Hall–Kier alpha value is -2.44. The number of benzene rings is 2. The van der Waals surface area contributed by atoms with Gasteiger partial charge in [0.2, 0.25) is 0 Å². The summed E-state index contributed by atoms with van der Waals surface area (Å²) >= 11 is 0. The van der Waals surface area contributed by atoms with Gasteiger partial charge in [0.15, 0.2) is 11.5 Å². The Bertz CT molecular complexity index is 767. The van der Waals surface area contributed by atoms with Crippen LogP contribution < -0.4 is 24.8 Å². The Morgan fingerprint density at radius 2 is 1.87 bits per heavy atom. The summed E-state index contributed by atoms with van der Waals surface area (Å²) in [6.45, 7) is 5.93. The lowest BCUT2D eigenvalue weighted by molar-refractivity contribution is 0.0944. The molecule has 2 aromatic rings. The zero-order valence-corrected chi connectivity index (χ0v) is 18.2. The molecule has 3 rings (SSSR count). The zero-order chi connectivity index (χ0) is 20.3. The fourth-order valence-corrected chi connectivity index (χ4v) is 3.30.